The van der Waals surface area contributed by atoms with Gasteiger partial charge in [0, 0.05) is 13.8 Å². The Hall–Kier alpha value is -1.79. The molecule has 0 aromatic heterocycles. The Balaban J connectivity index is 2.41. The standard InChI is InChI=1S/C10H15NO6/c1-10(2)16-7(12)6(8(13)17-10)4-3-5-15-9(11)14/h6H,3-5H2,1-2H3,(H2,11,14). The predicted octanol–water partition coefficient (Wildman–Crippen LogP) is 0.314. The van der Waals surface area contributed by atoms with Gasteiger partial charge in [0.05, 0.1) is 6.61 Å². The van der Waals surface area contributed by atoms with E-state index in [0.29, 0.717) is 6.42 Å². The number of carbonyl (C=O) groups is 3. The highest BCUT2D eigenvalue weighted by Gasteiger charge is 2.42. The van der Waals surface area contributed by atoms with Crippen LogP contribution in [-0.2, 0) is 23.8 Å². The average Bonchev–Trinajstić information content (AvgIpc) is 2.12. The molecular formula is C10H15NO6. The van der Waals surface area contributed by atoms with Crippen LogP contribution < -0.4 is 5.73 Å². The third-order valence-corrected chi connectivity index (χ3v) is 2.14. The minimum Gasteiger partial charge on any atom is -0.450 e. The van der Waals surface area contributed by atoms with E-state index in [-0.39, 0.29) is 13.0 Å². The van der Waals surface area contributed by atoms with Crippen LogP contribution in [0.5, 0.6) is 0 Å². The molecule has 7 heteroatoms. The summed E-state index contributed by atoms with van der Waals surface area (Å²) in [4.78, 5) is 33.3. The first-order valence-corrected chi connectivity index (χ1v) is 5.20. The molecule has 1 fully saturated rings. The second-order valence-electron chi connectivity index (χ2n) is 4.10. The second-order valence-corrected chi connectivity index (χ2v) is 4.10. The third-order valence-electron chi connectivity index (χ3n) is 2.14. The number of rotatable bonds is 4. The fraction of sp³-hybridized carbons (Fsp3) is 0.700. The van der Waals surface area contributed by atoms with Crippen molar-refractivity contribution in [3.8, 4) is 0 Å². The van der Waals surface area contributed by atoms with Crippen LogP contribution in [0, 0.1) is 5.92 Å². The summed E-state index contributed by atoms with van der Waals surface area (Å²) in [5, 5.41) is 0. The van der Waals surface area contributed by atoms with E-state index in [2.05, 4.69) is 4.74 Å². The Bertz CT molecular complexity index is 318. The first-order chi connectivity index (χ1) is 7.82. The highest BCUT2D eigenvalue weighted by Crippen LogP contribution is 2.25. The Morgan fingerprint density at radius 1 is 1.35 bits per heavy atom. The molecule has 0 atom stereocenters. The maximum atomic E-state index is 11.5. The lowest BCUT2D eigenvalue weighted by molar-refractivity contribution is -0.240. The van der Waals surface area contributed by atoms with Crippen LogP contribution in [0.2, 0.25) is 0 Å². The SMILES string of the molecule is CC1(C)OC(=O)C(CCCOC(N)=O)C(=O)O1. The zero-order valence-corrected chi connectivity index (χ0v) is 9.73. The van der Waals surface area contributed by atoms with Crippen LogP contribution in [0.3, 0.4) is 0 Å². The van der Waals surface area contributed by atoms with Gasteiger partial charge in [-0.05, 0) is 12.8 Å². The zero-order valence-electron chi connectivity index (χ0n) is 9.73. The van der Waals surface area contributed by atoms with Crippen LogP contribution in [0.15, 0.2) is 0 Å². The molecule has 96 valence electrons. The highest BCUT2D eigenvalue weighted by molar-refractivity contribution is 5.96. The van der Waals surface area contributed by atoms with E-state index in [9.17, 15) is 14.4 Å². The lowest BCUT2D eigenvalue weighted by Crippen LogP contribution is -2.46. The smallest absolute Gasteiger partial charge is 0.404 e. The van der Waals surface area contributed by atoms with Crippen molar-refractivity contribution < 1.29 is 28.6 Å². The van der Waals surface area contributed by atoms with Crippen molar-refractivity contribution >= 4 is 18.0 Å². The van der Waals surface area contributed by atoms with Crippen molar-refractivity contribution in [3.05, 3.63) is 0 Å². The molecular weight excluding hydrogens is 230 g/mol. The van der Waals surface area contributed by atoms with Gasteiger partial charge in [-0.2, -0.15) is 0 Å². The van der Waals surface area contributed by atoms with Crippen molar-refractivity contribution in [3.63, 3.8) is 0 Å². The van der Waals surface area contributed by atoms with E-state index in [0.717, 1.165) is 0 Å². The molecule has 0 unspecified atom stereocenters. The number of carbonyl (C=O) groups excluding carboxylic acids is 3. The normalized spacial score (nSPS) is 19.4. The molecule has 1 aliphatic rings. The van der Waals surface area contributed by atoms with Crippen LogP contribution in [0.4, 0.5) is 4.79 Å². The second kappa shape index (κ2) is 5.03. The molecule has 0 aromatic rings. The van der Waals surface area contributed by atoms with Gasteiger partial charge >= 0.3 is 18.0 Å². The predicted molar refractivity (Wildman–Crippen MR) is 54.5 cm³/mol. The maximum absolute atomic E-state index is 11.5. The molecule has 0 bridgehead atoms. The van der Waals surface area contributed by atoms with E-state index in [1.54, 1.807) is 0 Å². The van der Waals surface area contributed by atoms with Gasteiger partial charge in [0.15, 0.2) is 5.92 Å². The van der Waals surface area contributed by atoms with Gasteiger partial charge in [-0.15, -0.1) is 0 Å². The van der Waals surface area contributed by atoms with Crippen LogP contribution in [0.25, 0.3) is 0 Å². The molecule has 1 aliphatic heterocycles. The number of cyclic esters (lactones) is 2. The van der Waals surface area contributed by atoms with Crippen molar-refractivity contribution in [1.29, 1.82) is 0 Å². The summed E-state index contributed by atoms with van der Waals surface area (Å²) in [5.74, 6) is -3.41. The number of esters is 2. The van der Waals surface area contributed by atoms with E-state index < -0.39 is 29.7 Å². The minimum absolute atomic E-state index is 0.0514. The number of amides is 1. The molecule has 0 spiro atoms. The van der Waals surface area contributed by atoms with Gasteiger partial charge in [-0.1, -0.05) is 0 Å². The average molecular weight is 245 g/mol. The van der Waals surface area contributed by atoms with E-state index in [1.807, 2.05) is 0 Å². The molecule has 0 saturated carbocycles. The Kier molecular flexibility index (Phi) is 3.93. The van der Waals surface area contributed by atoms with Crippen LogP contribution in [-0.4, -0.2) is 30.4 Å². The summed E-state index contributed by atoms with van der Waals surface area (Å²) in [5.41, 5.74) is 4.76. The fourth-order valence-corrected chi connectivity index (χ4v) is 1.44. The van der Waals surface area contributed by atoms with Gasteiger partial charge in [0.1, 0.15) is 0 Å². The van der Waals surface area contributed by atoms with Gasteiger partial charge in [0.25, 0.3) is 5.79 Å². The van der Waals surface area contributed by atoms with Crippen molar-refractivity contribution in [2.75, 3.05) is 6.61 Å². The molecule has 7 nitrogen and oxygen atoms in total. The van der Waals surface area contributed by atoms with Crippen molar-refractivity contribution in [2.45, 2.75) is 32.5 Å². The summed E-state index contributed by atoms with van der Waals surface area (Å²) in [7, 11) is 0. The van der Waals surface area contributed by atoms with Gasteiger partial charge in [-0.25, -0.2) is 4.79 Å². The van der Waals surface area contributed by atoms with E-state index >= 15 is 0 Å². The van der Waals surface area contributed by atoms with Gasteiger partial charge in [-0.3, -0.25) is 9.59 Å². The molecule has 0 aliphatic carbocycles. The monoisotopic (exact) mass is 245 g/mol. The molecule has 17 heavy (non-hydrogen) atoms. The molecule has 1 amide bonds. The summed E-state index contributed by atoms with van der Waals surface area (Å²) >= 11 is 0. The Morgan fingerprint density at radius 3 is 2.35 bits per heavy atom. The highest BCUT2D eigenvalue weighted by atomic mass is 16.7. The summed E-state index contributed by atoms with van der Waals surface area (Å²) in [6.07, 6.45) is -0.362. The van der Waals surface area contributed by atoms with Crippen molar-refractivity contribution in [1.82, 2.24) is 0 Å². The molecule has 0 aromatic carbocycles. The number of hydrogen-bond acceptors (Lipinski definition) is 6. The summed E-state index contributed by atoms with van der Waals surface area (Å²) < 4.78 is 14.3. The van der Waals surface area contributed by atoms with E-state index in [1.165, 1.54) is 13.8 Å². The van der Waals surface area contributed by atoms with Crippen molar-refractivity contribution in [2.24, 2.45) is 11.7 Å². The Labute approximate surface area is 98.2 Å². The molecule has 1 saturated heterocycles. The number of nitrogens with two attached hydrogens (primary N) is 1. The first kappa shape index (κ1) is 13.3. The van der Waals surface area contributed by atoms with Crippen LogP contribution in [0.1, 0.15) is 26.7 Å². The maximum Gasteiger partial charge on any atom is 0.404 e. The fourth-order valence-electron chi connectivity index (χ4n) is 1.44. The first-order valence-electron chi connectivity index (χ1n) is 5.20. The molecule has 1 rings (SSSR count). The minimum atomic E-state index is -1.21. The third kappa shape index (κ3) is 3.93. The Morgan fingerprint density at radius 2 is 1.88 bits per heavy atom. The number of hydrogen-bond donors (Lipinski definition) is 1. The number of ether oxygens (including phenoxy) is 3. The summed E-state index contributed by atoms with van der Waals surface area (Å²) in [6, 6.07) is 0. The van der Waals surface area contributed by atoms with Crippen LogP contribution >= 0.6 is 0 Å². The molecule has 2 N–H and O–H groups in total. The van der Waals surface area contributed by atoms with Gasteiger partial charge in [0.2, 0.25) is 0 Å². The lowest BCUT2D eigenvalue weighted by atomic mass is 10.0. The molecule has 0 radical (unpaired) electrons. The topological polar surface area (TPSA) is 105 Å². The quantitative estimate of drug-likeness (QED) is 0.434. The summed E-state index contributed by atoms with van der Waals surface area (Å²) in [6.45, 7) is 3.01. The van der Waals surface area contributed by atoms with Gasteiger partial charge < -0.3 is 19.9 Å². The van der Waals surface area contributed by atoms with E-state index in [4.69, 9.17) is 15.2 Å². The lowest BCUT2D eigenvalue weighted by Gasteiger charge is -2.32. The molecule has 1 heterocycles. The zero-order chi connectivity index (χ0) is 13.1. The largest absolute Gasteiger partial charge is 0.450 e. The number of primary amides is 1.